The summed E-state index contributed by atoms with van der Waals surface area (Å²) < 4.78 is 1.86. The van der Waals surface area contributed by atoms with E-state index in [1.807, 2.05) is 16.9 Å². The summed E-state index contributed by atoms with van der Waals surface area (Å²) in [4.78, 5) is 0. The summed E-state index contributed by atoms with van der Waals surface area (Å²) >= 11 is 0. The third kappa shape index (κ3) is 2.87. The fourth-order valence-electron chi connectivity index (χ4n) is 1.88. The highest BCUT2D eigenvalue weighted by molar-refractivity contribution is 5.51. The molecule has 92 valence electrons. The topological polar surface area (TPSA) is 29.9 Å². The molecule has 0 unspecified atom stereocenters. The number of hydrogen-bond donors (Lipinski definition) is 1. The smallest absolute Gasteiger partial charge is 0.0645 e. The van der Waals surface area contributed by atoms with Gasteiger partial charge < -0.3 is 5.32 Å². The molecule has 1 N–H and O–H groups in total. The van der Waals surface area contributed by atoms with Crippen LogP contribution in [0.5, 0.6) is 0 Å². The van der Waals surface area contributed by atoms with E-state index >= 15 is 0 Å². The van der Waals surface area contributed by atoms with Gasteiger partial charge in [0.2, 0.25) is 0 Å². The fraction of sp³-hybridized carbons (Fsp3) is 0.267. The molecule has 0 saturated heterocycles. The van der Waals surface area contributed by atoms with Crippen molar-refractivity contribution < 1.29 is 0 Å². The molecule has 0 radical (unpaired) electrons. The van der Waals surface area contributed by atoms with Crippen LogP contribution in [0, 0.1) is 0 Å². The van der Waals surface area contributed by atoms with Crippen LogP contribution < -0.4 is 5.32 Å². The number of benzene rings is 1. The van der Waals surface area contributed by atoms with Gasteiger partial charge in [-0.25, -0.2) is 4.68 Å². The first kappa shape index (κ1) is 11.2. The van der Waals surface area contributed by atoms with Crippen LogP contribution in [0.15, 0.2) is 48.8 Å². The van der Waals surface area contributed by atoms with E-state index in [-0.39, 0.29) is 0 Å². The van der Waals surface area contributed by atoms with Crippen molar-refractivity contribution in [3.05, 3.63) is 54.4 Å². The quantitative estimate of drug-likeness (QED) is 0.869. The predicted octanol–water partition coefficient (Wildman–Crippen LogP) is 2.64. The molecule has 3 rings (SSSR count). The van der Waals surface area contributed by atoms with Gasteiger partial charge in [-0.1, -0.05) is 24.3 Å². The van der Waals surface area contributed by atoms with Crippen LogP contribution in [-0.2, 0) is 0 Å². The van der Waals surface area contributed by atoms with E-state index in [0.29, 0.717) is 0 Å². The highest BCUT2D eigenvalue weighted by atomic mass is 15.3. The van der Waals surface area contributed by atoms with Crippen molar-refractivity contribution in [3.8, 4) is 5.69 Å². The van der Waals surface area contributed by atoms with E-state index in [1.165, 1.54) is 18.4 Å². The van der Waals surface area contributed by atoms with E-state index in [4.69, 9.17) is 0 Å². The third-order valence-corrected chi connectivity index (χ3v) is 3.07. The second kappa shape index (κ2) is 5.19. The van der Waals surface area contributed by atoms with Gasteiger partial charge in [0.1, 0.15) is 0 Å². The molecular formula is C15H17N3. The van der Waals surface area contributed by atoms with Crippen LogP contribution >= 0.6 is 0 Å². The van der Waals surface area contributed by atoms with E-state index < -0.39 is 0 Å². The number of hydrogen-bond acceptors (Lipinski definition) is 2. The van der Waals surface area contributed by atoms with E-state index in [1.54, 1.807) is 6.20 Å². The average Bonchev–Trinajstić information content (AvgIpc) is 3.07. The first-order valence-electron chi connectivity index (χ1n) is 6.42. The molecule has 1 aliphatic rings. The molecule has 0 amide bonds. The highest BCUT2D eigenvalue weighted by Gasteiger charge is 2.18. The molecule has 0 spiro atoms. The Balaban J connectivity index is 1.59. The summed E-state index contributed by atoms with van der Waals surface area (Å²) in [6.45, 7) is 0.964. The second-order valence-electron chi connectivity index (χ2n) is 4.63. The Labute approximate surface area is 107 Å². The van der Waals surface area contributed by atoms with Gasteiger partial charge in [-0.05, 0) is 36.6 Å². The summed E-state index contributed by atoms with van der Waals surface area (Å²) in [7, 11) is 0. The van der Waals surface area contributed by atoms with Crippen molar-refractivity contribution in [1.82, 2.24) is 15.1 Å². The van der Waals surface area contributed by atoms with E-state index in [2.05, 4.69) is 46.8 Å². The number of rotatable bonds is 5. The van der Waals surface area contributed by atoms with Gasteiger partial charge in [0.25, 0.3) is 0 Å². The first-order chi connectivity index (χ1) is 8.92. The Bertz CT molecular complexity index is 507. The van der Waals surface area contributed by atoms with Gasteiger partial charge in [-0.2, -0.15) is 5.10 Å². The maximum absolute atomic E-state index is 4.21. The molecule has 3 heteroatoms. The lowest BCUT2D eigenvalue weighted by Gasteiger charge is -2.01. The van der Waals surface area contributed by atoms with Gasteiger partial charge >= 0.3 is 0 Å². The molecule has 2 aromatic rings. The molecule has 1 heterocycles. The maximum atomic E-state index is 4.21. The van der Waals surface area contributed by atoms with Crippen LogP contribution in [0.25, 0.3) is 11.8 Å². The van der Waals surface area contributed by atoms with Crippen LogP contribution in [0.3, 0.4) is 0 Å². The molecule has 1 aromatic carbocycles. The van der Waals surface area contributed by atoms with Gasteiger partial charge in [0.05, 0.1) is 5.69 Å². The van der Waals surface area contributed by atoms with Gasteiger partial charge in [0.15, 0.2) is 0 Å². The van der Waals surface area contributed by atoms with E-state index in [9.17, 15) is 0 Å². The van der Waals surface area contributed by atoms with Crippen molar-refractivity contribution in [3.63, 3.8) is 0 Å². The number of nitrogens with zero attached hydrogens (tertiary/aromatic N) is 2. The van der Waals surface area contributed by atoms with Crippen LogP contribution in [0.4, 0.5) is 0 Å². The summed E-state index contributed by atoms with van der Waals surface area (Å²) in [5.41, 5.74) is 2.32. The zero-order valence-corrected chi connectivity index (χ0v) is 10.3. The summed E-state index contributed by atoms with van der Waals surface area (Å²) in [6.07, 6.45) is 10.8. The van der Waals surface area contributed by atoms with Crippen molar-refractivity contribution in [2.45, 2.75) is 18.9 Å². The maximum Gasteiger partial charge on any atom is 0.0645 e. The largest absolute Gasteiger partial charge is 0.311 e. The average molecular weight is 239 g/mol. The van der Waals surface area contributed by atoms with Crippen molar-refractivity contribution in [2.24, 2.45) is 0 Å². The normalized spacial score (nSPS) is 15.3. The zero-order chi connectivity index (χ0) is 12.2. The lowest BCUT2D eigenvalue weighted by molar-refractivity contribution is 0.754. The highest BCUT2D eigenvalue weighted by Crippen LogP contribution is 2.18. The van der Waals surface area contributed by atoms with Gasteiger partial charge in [-0.15, -0.1) is 0 Å². The van der Waals surface area contributed by atoms with Gasteiger partial charge in [0, 0.05) is 25.0 Å². The molecule has 1 fully saturated rings. The number of aromatic nitrogens is 2. The molecule has 3 nitrogen and oxygen atoms in total. The molecule has 1 aliphatic carbocycles. The Hall–Kier alpha value is -1.87. The predicted molar refractivity (Wildman–Crippen MR) is 73.6 cm³/mol. The third-order valence-electron chi connectivity index (χ3n) is 3.07. The first-order valence-corrected chi connectivity index (χ1v) is 6.42. The monoisotopic (exact) mass is 239 g/mol. The Morgan fingerprint density at radius 1 is 1.28 bits per heavy atom. The molecular weight excluding hydrogens is 222 g/mol. The molecule has 0 aliphatic heterocycles. The van der Waals surface area contributed by atoms with Crippen molar-refractivity contribution >= 4 is 6.08 Å². The minimum atomic E-state index is 0.775. The minimum absolute atomic E-state index is 0.775. The van der Waals surface area contributed by atoms with Crippen LogP contribution in [0.2, 0.25) is 0 Å². The van der Waals surface area contributed by atoms with Gasteiger partial charge in [-0.3, -0.25) is 0 Å². The lowest BCUT2D eigenvalue weighted by atomic mass is 10.2. The SMILES string of the molecule is C(=Cc1ccc(-n2cccn2)cc1)CNC1CC1. The molecule has 0 atom stereocenters. The molecule has 1 saturated carbocycles. The molecule has 18 heavy (non-hydrogen) atoms. The summed E-state index contributed by atoms with van der Waals surface area (Å²) in [5, 5.41) is 7.67. The van der Waals surface area contributed by atoms with Crippen molar-refractivity contribution in [1.29, 1.82) is 0 Å². The standard InChI is InChI=1S/C15H17N3/c1(10-16-14-6-7-14)3-13-4-8-15(9-5-13)18-12-2-11-17-18/h1-5,8-9,11-12,14,16H,6-7,10H2. The Kier molecular flexibility index (Phi) is 3.24. The molecule has 0 bridgehead atoms. The van der Waals surface area contributed by atoms with E-state index in [0.717, 1.165) is 18.3 Å². The second-order valence-corrected chi connectivity index (χ2v) is 4.63. The Morgan fingerprint density at radius 2 is 2.11 bits per heavy atom. The van der Waals surface area contributed by atoms with Crippen LogP contribution in [-0.4, -0.2) is 22.4 Å². The van der Waals surface area contributed by atoms with Crippen molar-refractivity contribution in [2.75, 3.05) is 6.54 Å². The zero-order valence-electron chi connectivity index (χ0n) is 10.3. The lowest BCUT2D eigenvalue weighted by Crippen LogP contribution is -2.15. The summed E-state index contributed by atoms with van der Waals surface area (Å²) in [6, 6.07) is 11.1. The minimum Gasteiger partial charge on any atom is -0.311 e. The Morgan fingerprint density at radius 3 is 2.78 bits per heavy atom. The fourth-order valence-corrected chi connectivity index (χ4v) is 1.88. The number of nitrogens with one attached hydrogen (secondary N) is 1. The van der Waals surface area contributed by atoms with Crippen LogP contribution in [0.1, 0.15) is 18.4 Å². The summed E-state index contributed by atoms with van der Waals surface area (Å²) in [5.74, 6) is 0. The molecule has 1 aromatic heterocycles.